The van der Waals surface area contributed by atoms with Gasteiger partial charge in [0.25, 0.3) is 0 Å². The van der Waals surface area contributed by atoms with Gasteiger partial charge in [0.1, 0.15) is 5.84 Å². The fourth-order valence-corrected chi connectivity index (χ4v) is 2.26. The zero-order chi connectivity index (χ0) is 14.1. The molecule has 0 spiro atoms. The Morgan fingerprint density at radius 3 is 2.84 bits per heavy atom. The van der Waals surface area contributed by atoms with Gasteiger partial charge in [-0.05, 0) is 58.2 Å². The highest BCUT2D eigenvalue weighted by Gasteiger charge is 2.12. The molecule has 1 aliphatic rings. The van der Waals surface area contributed by atoms with Crippen LogP contribution in [0.15, 0.2) is 28.4 Å². The van der Waals surface area contributed by atoms with Crippen LogP contribution in [0.4, 0.5) is 0 Å². The first-order chi connectivity index (χ1) is 9.15. The zero-order valence-electron chi connectivity index (χ0n) is 12.8. The quantitative estimate of drug-likeness (QED) is 0.453. The van der Waals surface area contributed by atoms with Crippen molar-refractivity contribution in [2.45, 2.75) is 52.9 Å². The molecular weight excluding hydrogens is 234 g/mol. The van der Waals surface area contributed by atoms with Crippen molar-refractivity contribution >= 4 is 5.84 Å². The summed E-state index contributed by atoms with van der Waals surface area (Å²) in [6, 6.07) is 0. The van der Waals surface area contributed by atoms with Crippen molar-refractivity contribution in [1.82, 2.24) is 10.6 Å². The van der Waals surface area contributed by atoms with Gasteiger partial charge in [-0.15, -0.1) is 0 Å². The van der Waals surface area contributed by atoms with Gasteiger partial charge in [-0.25, -0.2) is 0 Å². The highest BCUT2D eigenvalue weighted by molar-refractivity contribution is 5.99. The Hall–Kier alpha value is -1.09. The highest BCUT2D eigenvalue weighted by Crippen LogP contribution is 2.17. The molecule has 1 aliphatic heterocycles. The standard InChI is InChI=1S/C16H29N3/c1-5-6-11-18-16(19-13(2)3)15-9-12-17-10-7-8-14(15)4/h17H,2,5-12H2,1,3-4H3,(H,18,19)/b15-14+. The van der Waals surface area contributed by atoms with Gasteiger partial charge in [0, 0.05) is 12.2 Å². The normalized spacial score (nSPS) is 21.7. The second-order valence-corrected chi connectivity index (χ2v) is 5.35. The molecule has 0 aromatic heterocycles. The fourth-order valence-electron chi connectivity index (χ4n) is 2.26. The first kappa shape index (κ1) is 16.0. The van der Waals surface area contributed by atoms with Crippen LogP contribution in [0.2, 0.25) is 0 Å². The molecule has 3 nitrogen and oxygen atoms in total. The van der Waals surface area contributed by atoms with Crippen LogP contribution < -0.4 is 10.6 Å². The van der Waals surface area contributed by atoms with Crippen LogP contribution in [-0.4, -0.2) is 25.5 Å². The van der Waals surface area contributed by atoms with Crippen molar-refractivity contribution in [3.05, 3.63) is 23.4 Å². The molecule has 0 aliphatic carbocycles. The smallest absolute Gasteiger partial charge is 0.128 e. The third-order valence-corrected chi connectivity index (χ3v) is 3.37. The maximum Gasteiger partial charge on any atom is 0.128 e. The first-order valence-corrected chi connectivity index (χ1v) is 7.51. The Morgan fingerprint density at radius 2 is 2.16 bits per heavy atom. The molecule has 0 aromatic carbocycles. The molecule has 0 fully saturated rings. The van der Waals surface area contributed by atoms with Crippen molar-refractivity contribution in [2.24, 2.45) is 4.99 Å². The summed E-state index contributed by atoms with van der Waals surface area (Å²) in [5.41, 5.74) is 3.82. The summed E-state index contributed by atoms with van der Waals surface area (Å²) in [5, 5.41) is 6.83. The Morgan fingerprint density at radius 1 is 1.37 bits per heavy atom. The van der Waals surface area contributed by atoms with E-state index in [1.54, 1.807) is 0 Å². The predicted octanol–water partition coefficient (Wildman–Crippen LogP) is 3.40. The van der Waals surface area contributed by atoms with Gasteiger partial charge in [-0.2, -0.15) is 0 Å². The summed E-state index contributed by atoms with van der Waals surface area (Å²) in [6.07, 6.45) is 5.75. The van der Waals surface area contributed by atoms with Crippen LogP contribution in [-0.2, 0) is 0 Å². The second kappa shape index (κ2) is 8.92. The molecule has 0 bridgehead atoms. The minimum Gasteiger partial charge on any atom is -0.345 e. The van der Waals surface area contributed by atoms with Gasteiger partial charge in [-0.1, -0.05) is 25.5 Å². The molecule has 2 N–H and O–H groups in total. The molecule has 1 heterocycles. The number of allylic oxidation sites excluding steroid dienone is 2. The van der Waals surface area contributed by atoms with E-state index in [0.717, 1.165) is 50.4 Å². The molecule has 0 saturated carbocycles. The third-order valence-electron chi connectivity index (χ3n) is 3.37. The molecule has 0 unspecified atom stereocenters. The van der Waals surface area contributed by atoms with Crippen molar-refractivity contribution in [3.63, 3.8) is 0 Å². The average molecular weight is 263 g/mol. The Balaban J connectivity index is 2.88. The van der Waals surface area contributed by atoms with Gasteiger partial charge >= 0.3 is 0 Å². The minimum atomic E-state index is 0.899. The van der Waals surface area contributed by atoms with E-state index in [1.165, 1.54) is 24.0 Å². The molecular formula is C16H29N3. The van der Waals surface area contributed by atoms with E-state index in [0.29, 0.717) is 0 Å². The van der Waals surface area contributed by atoms with Crippen LogP contribution in [0.3, 0.4) is 0 Å². The molecule has 19 heavy (non-hydrogen) atoms. The maximum atomic E-state index is 4.76. The Bertz CT molecular complexity index is 353. The summed E-state index contributed by atoms with van der Waals surface area (Å²) in [5.74, 6) is 1.04. The molecule has 0 atom stereocenters. The minimum absolute atomic E-state index is 0.899. The number of unbranched alkanes of at least 4 members (excludes halogenated alkanes) is 1. The first-order valence-electron chi connectivity index (χ1n) is 7.51. The van der Waals surface area contributed by atoms with Gasteiger partial charge in [0.05, 0.1) is 0 Å². The number of hydrogen-bond acceptors (Lipinski definition) is 2. The molecule has 0 saturated heterocycles. The third kappa shape index (κ3) is 6.06. The highest BCUT2D eigenvalue weighted by atomic mass is 15.0. The van der Waals surface area contributed by atoms with Crippen LogP contribution in [0.5, 0.6) is 0 Å². The molecule has 0 amide bonds. The van der Waals surface area contributed by atoms with E-state index in [9.17, 15) is 0 Å². The fraction of sp³-hybridized carbons (Fsp3) is 0.688. The van der Waals surface area contributed by atoms with Crippen molar-refractivity contribution in [3.8, 4) is 0 Å². The van der Waals surface area contributed by atoms with Crippen LogP contribution in [0, 0.1) is 0 Å². The summed E-state index contributed by atoms with van der Waals surface area (Å²) in [7, 11) is 0. The monoisotopic (exact) mass is 263 g/mol. The topological polar surface area (TPSA) is 36.4 Å². The summed E-state index contributed by atoms with van der Waals surface area (Å²) in [6.45, 7) is 13.5. The van der Waals surface area contributed by atoms with E-state index in [-0.39, 0.29) is 0 Å². The number of nitrogens with one attached hydrogen (secondary N) is 2. The van der Waals surface area contributed by atoms with E-state index in [1.807, 2.05) is 6.92 Å². The van der Waals surface area contributed by atoms with Crippen molar-refractivity contribution in [1.29, 1.82) is 0 Å². The van der Waals surface area contributed by atoms with Crippen LogP contribution in [0.25, 0.3) is 0 Å². The lowest BCUT2D eigenvalue weighted by Crippen LogP contribution is -2.28. The van der Waals surface area contributed by atoms with Crippen molar-refractivity contribution in [2.75, 3.05) is 19.6 Å². The van der Waals surface area contributed by atoms with E-state index in [2.05, 4.69) is 31.1 Å². The van der Waals surface area contributed by atoms with Gasteiger partial charge in [0.15, 0.2) is 0 Å². The van der Waals surface area contributed by atoms with Gasteiger partial charge < -0.3 is 10.6 Å². The molecule has 108 valence electrons. The number of hydrogen-bond donors (Lipinski definition) is 2. The SMILES string of the molecule is C=C(C)NC(=NCCCC)/C1=C(\C)CCCNCC1. The van der Waals surface area contributed by atoms with E-state index < -0.39 is 0 Å². The van der Waals surface area contributed by atoms with Crippen LogP contribution >= 0.6 is 0 Å². The number of amidine groups is 1. The van der Waals surface area contributed by atoms with Crippen molar-refractivity contribution < 1.29 is 0 Å². The second-order valence-electron chi connectivity index (χ2n) is 5.35. The number of aliphatic imine (C=N–C) groups is 1. The maximum absolute atomic E-state index is 4.76. The molecule has 0 radical (unpaired) electrons. The molecule has 0 aromatic rings. The number of nitrogens with zero attached hydrogens (tertiary/aromatic N) is 1. The Kier molecular flexibility index (Phi) is 7.49. The zero-order valence-corrected chi connectivity index (χ0v) is 12.8. The number of rotatable bonds is 5. The van der Waals surface area contributed by atoms with Crippen LogP contribution in [0.1, 0.15) is 52.9 Å². The molecule has 1 rings (SSSR count). The predicted molar refractivity (Wildman–Crippen MR) is 84.6 cm³/mol. The average Bonchev–Trinajstić information content (AvgIpc) is 2.33. The summed E-state index contributed by atoms with van der Waals surface area (Å²) < 4.78 is 0. The molecule has 3 heteroatoms. The summed E-state index contributed by atoms with van der Waals surface area (Å²) in [4.78, 5) is 4.76. The Labute approximate surface area is 118 Å². The largest absolute Gasteiger partial charge is 0.345 e. The van der Waals surface area contributed by atoms with E-state index >= 15 is 0 Å². The lowest BCUT2D eigenvalue weighted by Gasteiger charge is -2.20. The lowest BCUT2D eigenvalue weighted by molar-refractivity contribution is 0.626. The van der Waals surface area contributed by atoms with E-state index in [4.69, 9.17) is 4.99 Å². The summed E-state index contributed by atoms with van der Waals surface area (Å²) >= 11 is 0. The van der Waals surface area contributed by atoms with Gasteiger partial charge in [0.2, 0.25) is 0 Å². The lowest BCUT2D eigenvalue weighted by atomic mass is 9.99. The van der Waals surface area contributed by atoms with Gasteiger partial charge in [-0.3, -0.25) is 4.99 Å².